The first-order valence-corrected chi connectivity index (χ1v) is 11.3. The number of hydrogen-bond donors (Lipinski definition) is 6. The van der Waals surface area contributed by atoms with Crippen molar-refractivity contribution in [2.45, 2.75) is 73.9 Å². The van der Waals surface area contributed by atoms with Crippen molar-refractivity contribution >= 4 is 11.8 Å². The van der Waals surface area contributed by atoms with Crippen LogP contribution < -0.4 is 21.3 Å². The Morgan fingerprint density at radius 1 is 1.12 bits per heavy atom. The summed E-state index contributed by atoms with van der Waals surface area (Å²) >= 11 is 2.20. The third-order valence-electron chi connectivity index (χ3n) is 7.60. The first kappa shape index (κ1) is 18.1. The summed E-state index contributed by atoms with van der Waals surface area (Å²) in [4.78, 5) is 2.60. The Hall–Kier alpha value is 0.0700. The van der Waals surface area contributed by atoms with E-state index in [2.05, 4.69) is 44.9 Å². The smallest absolute Gasteiger partial charge is 0.163 e. The minimum atomic E-state index is -0.797. The van der Waals surface area contributed by atoms with E-state index in [1.54, 1.807) is 0 Å². The van der Waals surface area contributed by atoms with Crippen molar-refractivity contribution in [1.82, 2.24) is 26.2 Å². The van der Waals surface area contributed by atoms with Crippen molar-refractivity contribution in [2.75, 3.05) is 19.8 Å². The lowest BCUT2D eigenvalue weighted by Crippen LogP contribution is -2.66. The summed E-state index contributed by atoms with van der Waals surface area (Å²) < 4.78 is 0. The molecule has 8 heteroatoms. The van der Waals surface area contributed by atoms with Crippen LogP contribution in [-0.4, -0.2) is 69.8 Å². The molecule has 0 aromatic heterocycles. The normalized spacial score (nSPS) is 51.3. The zero-order valence-corrected chi connectivity index (χ0v) is 16.3. The topological polar surface area (TPSA) is 91.8 Å². The minimum absolute atomic E-state index is 0.379. The largest absolute Gasteiger partial charge is 0.377 e. The van der Waals surface area contributed by atoms with Gasteiger partial charge in [0, 0.05) is 30.9 Å². The lowest BCUT2D eigenvalue weighted by molar-refractivity contribution is -0.0144. The Kier molecular flexibility index (Phi) is 4.77. The number of thioether (sulfide) groups is 1. The number of aliphatic hydroxyl groups is 2. The second-order valence-electron chi connectivity index (χ2n) is 9.09. The van der Waals surface area contributed by atoms with E-state index < -0.39 is 12.6 Å². The van der Waals surface area contributed by atoms with E-state index in [-0.39, 0.29) is 5.54 Å². The van der Waals surface area contributed by atoms with Gasteiger partial charge in [-0.2, -0.15) is 0 Å². The molecule has 148 valence electrons. The highest BCUT2D eigenvalue weighted by atomic mass is 32.2. The second kappa shape index (κ2) is 6.84. The Bertz CT molecular complexity index is 532. The van der Waals surface area contributed by atoms with Crippen molar-refractivity contribution in [3.8, 4) is 0 Å². The highest BCUT2D eigenvalue weighted by Gasteiger charge is 2.53. The second-order valence-corrected chi connectivity index (χ2v) is 10.5. The van der Waals surface area contributed by atoms with Crippen LogP contribution in [0.25, 0.3) is 0 Å². The van der Waals surface area contributed by atoms with E-state index in [9.17, 15) is 10.2 Å². The standard InChI is InChI=1S/C18H33N5O2S/c1-10-2-3-11-12(8-10)26-15-13(11)14(19-9-20-15)23-6-4-18(5-7-23)16(24)21-17(25)22-18/h10-17,19-22,24-25H,2-9H2,1H3/t10?,11-,12?,13+,14?,15?,16?,17?/m0/s1. The first-order chi connectivity index (χ1) is 12.6. The molecule has 1 aliphatic carbocycles. The Morgan fingerprint density at radius 3 is 2.65 bits per heavy atom. The number of hydrogen-bond acceptors (Lipinski definition) is 8. The van der Waals surface area contributed by atoms with Crippen molar-refractivity contribution in [2.24, 2.45) is 17.8 Å². The van der Waals surface area contributed by atoms with Crippen molar-refractivity contribution in [1.29, 1.82) is 0 Å². The molecule has 0 aromatic rings. The zero-order chi connectivity index (χ0) is 17.9. The summed E-state index contributed by atoms with van der Waals surface area (Å²) in [6.07, 6.45) is 4.81. The molecule has 0 bridgehead atoms. The fourth-order valence-electron chi connectivity index (χ4n) is 6.13. The van der Waals surface area contributed by atoms with Crippen molar-refractivity contribution in [3.63, 3.8) is 0 Å². The van der Waals surface area contributed by atoms with Gasteiger partial charge >= 0.3 is 0 Å². The van der Waals surface area contributed by atoms with Gasteiger partial charge in [-0.1, -0.05) is 13.3 Å². The Morgan fingerprint density at radius 2 is 1.92 bits per heavy atom. The van der Waals surface area contributed by atoms with E-state index in [4.69, 9.17) is 0 Å². The quantitative estimate of drug-likeness (QED) is 0.364. The van der Waals surface area contributed by atoms with Gasteiger partial charge in [-0.15, -0.1) is 11.8 Å². The Balaban J connectivity index is 1.28. The van der Waals surface area contributed by atoms with Gasteiger partial charge in [0.05, 0.1) is 17.1 Å². The number of aliphatic hydroxyl groups excluding tert-OH is 2. The lowest BCUT2D eigenvalue weighted by Gasteiger charge is -2.49. The van der Waals surface area contributed by atoms with E-state index in [0.717, 1.165) is 49.7 Å². The number of piperidine rings is 1. The SMILES string of the molecule is CC1CC[C@H]2C(C1)SC1NCNC(N3CCC4(CC3)NC(O)NC4O)[C@H]12. The number of fused-ring (bicyclic) bond motifs is 3. The molecular weight excluding hydrogens is 350 g/mol. The number of rotatable bonds is 1. The van der Waals surface area contributed by atoms with Crippen LogP contribution in [0.3, 0.4) is 0 Å². The number of nitrogens with one attached hydrogen (secondary N) is 4. The molecule has 7 nitrogen and oxygen atoms in total. The first-order valence-electron chi connectivity index (χ1n) is 10.3. The fourth-order valence-corrected chi connectivity index (χ4v) is 8.18. The van der Waals surface area contributed by atoms with Gasteiger partial charge < -0.3 is 10.2 Å². The predicted molar refractivity (Wildman–Crippen MR) is 102 cm³/mol. The number of likely N-dealkylation sites (tertiary alicyclic amines) is 1. The summed E-state index contributed by atoms with van der Waals surface area (Å²) in [5.41, 5.74) is -0.379. The molecule has 6 unspecified atom stereocenters. The molecule has 26 heavy (non-hydrogen) atoms. The van der Waals surface area contributed by atoms with Crippen molar-refractivity contribution < 1.29 is 10.2 Å². The lowest BCUT2D eigenvalue weighted by atomic mass is 9.74. The molecule has 6 N–H and O–H groups in total. The average Bonchev–Trinajstić information content (AvgIpc) is 3.12. The molecule has 5 fully saturated rings. The zero-order valence-electron chi connectivity index (χ0n) is 15.5. The van der Waals surface area contributed by atoms with Crippen LogP contribution in [0.15, 0.2) is 0 Å². The van der Waals surface area contributed by atoms with E-state index in [1.807, 2.05) is 0 Å². The maximum atomic E-state index is 10.3. The monoisotopic (exact) mass is 383 g/mol. The minimum Gasteiger partial charge on any atom is -0.377 e. The van der Waals surface area contributed by atoms with Gasteiger partial charge in [0.1, 0.15) is 6.23 Å². The van der Waals surface area contributed by atoms with Crippen LogP contribution in [-0.2, 0) is 0 Å². The highest BCUT2D eigenvalue weighted by Crippen LogP contribution is 2.52. The van der Waals surface area contributed by atoms with E-state index in [0.29, 0.717) is 17.5 Å². The maximum Gasteiger partial charge on any atom is 0.163 e. The molecule has 1 spiro atoms. The van der Waals surface area contributed by atoms with Crippen LogP contribution in [0.5, 0.6) is 0 Å². The summed E-state index contributed by atoms with van der Waals surface area (Å²) in [6.45, 7) is 5.21. The molecule has 4 saturated heterocycles. The summed E-state index contributed by atoms with van der Waals surface area (Å²) in [5.74, 6) is 2.37. The summed E-state index contributed by atoms with van der Waals surface area (Å²) in [6, 6.07) is 0. The number of nitrogens with zero attached hydrogens (tertiary/aromatic N) is 1. The maximum absolute atomic E-state index is 10.3. The molecule has 0 aromatic carbocycles. The third-order valence-corrected chi connectivity index (χ3v) is 9.26. The van der Waals surface area contributed by atoms with Crippen LogP contribution >= 0.6 is 11.8 Å². The van der Waals surface area contributed by atoms with E-state index >= 15 is 0 Å². The van der Waals surface area contributed by atoms with Gasteiger partial charge in [0.15, 0.2) is 6.35 Å². The van der Waals surface area contributed by atoms with Gasteiger partial charge in [0.25, 0.3) is 0 Å². The van der Waals surface area contributed by atoms with Crippen molar-refractivity contribution in [3.05, 3.63) is 0 Å². The van der Waals surface area contributed by atoms with Gasteiger partial charge in [-0.3, -0.25) is 26.2 Å². The van der Waals surface area contributed by atoms with Crippen LogP contribution in [0.4, 0.5) is 0 Å². The summed E-state index contributed by atoms with van der Waals surface area (Å²) in [5, 5.41) is 34.9. The Labute approximate surface area is 160 Å². The molecule has 5 rings (SSSR count). The molecule has 0 radical (unpaired) electrons. The predicted octanol–water partition coefficient (Wildman–Crippen LogP) is -0.422. The van der Waals surface area contributed by atoms with Gasteiger partial charge in [0.2, 0.25) is 0 Å². The highest BCUT2D eigenvalue weighted by molar-refractivity contribution is 8.00. The average molecular weight is 384 g/mol. The molecule has 1 saturated carbocycles. The molecule has 8 atom stereocenters. The van der Waals surface area contributed by atoms with E-state index in [1.165, 1.54) is 19.3 Å². The van der Waals surface area contributed by atoms with Gasteiger partial charge in [-0.25, -0.2) is 0 Å². The van der Waals surface area contributed by atoms with Crippen LogP contribution in [0.2, 0.25) is 0 Å². The summed E-state index contributed by atoms with van der Waals surface area (Å²) in [7, 11) is 0. The molecule has 4 aliphatic heterocycles. The molecule has 5 aliphatic rings. The van der Waals surface area contributed by atoms with Crippen LogP contribution in [0, 0.1) is 17.8 Å². The van der Waals surface area contributed by atoms with Crippen LogP contribution in [0.1, 0.15) is 39.0 Å². The molecule has 0 amide bonds. The molecule has 4 heterocycles. The molecular formula is C18H33N5O2S. The third kappa shape index (κ3) is 2.93. The fraction of sp³-hybridized carbons (Fsp3) is 1.00. The van der Waals surface area contributed by atoms with Gasteiger partial charge in [-0.05, 0) is 37.5 Å².